The molecule has 1 saturated heterocycles. The summed E-state index contributed by atoms with van der Waals surface area (Å²) in [5, 5.41) is 5.31. The highest BCUT2D eigenvalue weighted by Crippen LogP contribution is 2.36. The van der Waals surface area contributed by atoms with Crippen LogP contribution in [0.1, 0.15) is 36.5 Å². The molecular formula is C21H26N2O4S. The van der Waals surface area contributed by atoms with Crippen molar-refractivity contribution in [3.63, 3.8) is 0 Å². The number of hydrogen-bond donors (Lipinski definition) is 1. The molecule has 1 N–H and O–H groups in total. The molecule has 1 aliphatic heterocycles. The molecule has 1 fully saturated rings. The molecule has 0 aliphatic carbocycles. The lowest BCUT2D eigenvalue weighted by atomic mass is 10.0. The van der Waals surface area contributed by atoms with Gasteiger partial charge in [0, 0.05) is 17.0 Å². The van der Waals surface area contributed by atoms with E-state index in [1.165, 1.54) is 24.9 Å². The van der Waals surface area contributed by atoms with Crippen LogP contribution in [0.15, 0.2) is 29.6 Å². The number of esters is 1. The van der Waals surface area contributed by atoms with Crippen LogP contribution in [0.3, 0.4) is 0 Å². The summed E-state index contributed by atoms with van der Waals surface area (Å²) in [6, 6.07) is 7.84. The minimum atomic E-state index is -0.464. The Bertz CT molecular complexity index is 831. The van der Waals surface area contributed by atoms with Crippen molar-refractivity contribution in [3.8, 4) is 16.9 Å². The lowest BCUT2D eigenvalue weighted by molar-refractivity contribution is -0.118. The minimum absolute atomic E-state index is 0.109. The Balaban J connectivity index is 1.81. The van der Waals surface area contributed by atoms with Crippen molar-refractivity contribution in [2.24, 2.45) is 0 Å². The number of likely N-dealkylation sites (tertiary alicyclic amines) is 1. The maximum atomic E-state index is 12.6. The van der Waals surface area contributed by atoms with E-state index in [2.05, 4.69) is 17.1 Å². The van der Waals surface area contributed by atoms with Gasteiger partial charge >= 0.3 is 5.97 Å². The number of rotatable bonds is 6. The van der Waals surface area contributed by atoms with Gasteiger partial charge < -0.3 is 14.8 Å². The van der Waals surface area contributed by atoms with Gasteiger partial charge in [0.15, 0.2) is 0 Å². The highest BCUT2D eigenvalue weighted by Gasteiger charge is 2.24. The molecule has 150 valence electrons. The zero-order chi connectivity index (χ0) is 20.1. The van der Waals surface area contributed by atoms with E-state index in [1.54, 1.807) is 7.11 Å². The Morgan fingerprint density at radius 2 is 1.96 bits per heavy atom. The first kappa shape index (κ1) is 20.4. The number of nitrogens with one attached hydrogen (secondary N) is 1. The van der Waals surface area contributed by atoms with Crippen molar-refractivity contribution in [2.45, 2.75) is 32.2 Å². The Morgan fingerprint density at radius 1 is 1.21 bits per heavy atom. The van der Waals surface area contributed by atoms with Crippen molar-refractivity contribution in [1.82, 2.24) is 4.90 Å². The molecule has 1 aliphatic rings. The molecule has 0 spiro atoms. The standard InChI is InChI=1S/C21H26N2O4S/c1-14-6-4-5-11-23(14)12-18(24)22-20-19(21(25)27-3)17(13-28-20)15-7-9-16(26-2)10-8-15/h7-10,13-14H,4-6,11-12H2,1-3H3,(H,22,24). The highest BCUT2D eigenvalue weighted by atomic mass is 32.1. The van der Waals surface area contributed by atoms with Gasteiger partial charge in [-0.3, -0.25) is 9.69 Å². The molecule has 2 heterocycles. The Kier molecular flexibility index (Phi) is 6.70. The van der Waals surface area contributed by atoms with Gasteiger partial charge in [0.05, 0.1) is 20.8 Å². The number of methoxy groups -OCH3 is 2. The monoisotopic (exact) mass is 402 g/mol. The third-order valence-corrected chi connectivity index (χ3v) is 6.02. The Labute approximate surface area is 169 Å². The molecule has 28 heavy (non-hydrogen) atoms. The molecule has 1 aromatic carbocycles. The summed E-state index contributed by atoms with van der Waals surface area (Å²) in [4.78, 5) is 27.2. The normalized spacial score (nSPS) is 17.2. The number of nitrogens with zero attached hydrogens (tertiary/aromatic N) is 1. The molecule has 1 aromatic heterocycles. The number of amides is 1. The van der Waals surface area contributed by atoms with Gasteiger partial charge in [-0.1, -0.05) is 18.6 Å². The van der Waals surface area contributed by atoms with Crippen LogP contribution >= 0.6 is 11.3 Å². The Hall–Kier alpha value is -2.38. The molecule has 0 radical (unpaired) electrons. The lowest BCUT2D eigenvalue weighted by Gasteiger charge is -2.32. The summed E-state index contributed by atoms with van der Waals surface area (Å²) in [6.07, 6.45) is 3.44. The molecule has 2 aromatic rings. The first-order valence-electron chi connectivity index (χ1n) is 9.41. The predicted octanol–water partition coefficient (Wildman–Crippen LogP) is 4.02. The van der Waals surface area contributed by atoms with Crippen LogP contribution in [-0.2, 0) is 9.53 Å². The second-order valence-corrected chi connectivity index (χ2v) is 7.82. The van der Waals surface area contributed by atoms with Crippen LogP contribution in [0.5, 0.6) is 5.75 Å². The van der Waals surface area contributed by atoms with E-state index in [9.17, 15) is 9.59 Å². The summed E-state index contributed by atoms with van der Waals surface area (Å²) in [7, 11) is 2.95. The van der Waals surface area contributed by atoms with E-state index < -0.39 is 5.97 Å². The van der Waals surface area contributed by atoms with E-state index in [-0.39, 0.29) is 5.91 Å². The molecule has 1 atom stereocenters. The van der Waals surface area contributed by atoms with Gasteiger partial charge in [0.25, 0.3) is 0 Å². The molecule has 0 saturated carbocycles. The van der Waals surface area contributed by atoms with Gasteiger partial charge in [-0.2, -0.15) is 0 Å². The number of carbonyl (C=O) groups is 2. The van der Waals surface area contributed by atoms with Crippen molar-refractivity contribution in [3.05, 3.63) is 35.2 Å². The number of anilines is 1. The number of piperidine rings is 1. The maximum absolute atomic E-state index is 12.6. The van der Waals surface area contributed by atoms with Crippen LogP contribution in [-0.4, -0.2) is 50.1 Å². The van der Waals surface area contributed by atoms with Gasteiger partial charge in [0.1, 0.15) is 16.3 Å². The number of thiophene rings is 1. The smallest absolute Gasteiger partial charge is 0.341 e. The summed E-state index contributed by atoms with van der Waals surface area (Å²) in [5.74, 6) is 0.165. The van der Waals surface area contributed by atoms with Crippen LogP contribution in [0.4, 0.5) is 5.00 Å². The number of carbonyl (C=O) groups excluding carboxylic acids is 2. The van der Waals surface area contributed by atoms with Gasteiger partial charge in [0.2, 0.25) is 5.91 Å². The van der Waals surface area contributed by atoms with E-state index in [0.29, 0.717) is 23.2 Å². The fourth-order valence-electron chi connectivity index (χ4n) is 3.48. The van der Waals surface area contributed by atoms with Gasteiger partial charge in [-0.15, -0.1) is 11.3 Å². The zero-order valence-electron chi connectivity index (χ0n) is 16.5. The van der Waals surface area contributed by atoms with E-state index in [1.807, 2.05) is 29.6 Å². The third-order valence-electron chi connectivity index (χ3n) is 5.12. The molecule has 1 unspecified atom stereocenters. The summed E-state index contributed by atoms with van der Waals surface area (Å²) < 4.78 is 10.2. The Morgan fingerprint density at radius 3 is 2.61 bits per heavy atom. The summed E-state index contributed by atoms with van der Waals surface area (Å²) in [6.45, 7) is 3.41. The number of hydrogen-bond acceptors (Lipinski definition) is 6. The van der Waals surface area contributed by atoms with Crippen LogP contribution in [0.25, 0.3) is 11.1 Å². The van der Waals surface area contributed by atoms with E-state index in [0.717, 1.165) is 36.3 Å². The first-order chi connectivity index (χ1) is 13.5. The largest absolute Gasteiger partial charge is 0.497 e. The lowest BCUT2D eigenvalue weighted by Crippen LogP contribution is -2.42. The SMILES string of the molecule is COC(=O)c1c(-c2ccc(OC)cc2)csc1NC(=O)CN1CCCCC1C. The number of benzene rings is 1. The molecular weight excluding hydrogens is 376 g/mol. The molecule has 6 nitrogen and oxygen atoms in total. The molecule has 3 rings (SSSR count). The highest BCUT2D eigenvalue weighted by molar-refractivity contribution is 7.15. The summed E-state index contributed by atoms with van der Waals surface area (Å²) >= 11 is 1.33. The van der Waals surface area contributed by atoms with Crippen LogP contribution < -0.4 is 10.1 Å². The van der Waals surface area contributed by atoms with Gasteiger partial charge in [-0.05, 0) is 44.0 Å². The molecule has 1 amide bonds. The third kappa shape index (κ3) is 4.54. The topological polar surface area (TPSA) is 67.9 Å². The van der Waals surface area contributed by atoms with Crippen LogP contribution in [0, 0.1) is 0 Å². The fraction of sp³-hybridized carbons (Fsp3) is 0.429. The van der Waals surface area contributed by atoms with Crippen molar-refractivity contribution < 1.29 is 19.1 Å². The quantitative estimate of drug-likeness (QED) is 0.739. The number of ether oxygens (including phenoxy) is 2. The van der Waals surface area contributed by atoms with Crippen LogP contribution in [0.2, 0.25) is 0 Å². The predicted molar refractivity (Wildman–Crippen MR) is 111 cm³/mol. The van der Waals surface area contributed by atoms with E-state index >= 15 is 0 Å². The molecule has 0 bridgehead atoms. The van der Waals surface area contributed by atoms with Crippen molar-refractivity contribution >= 4 is 28.2 Å². The second-order valence-electron chi connectivity index (χ2n) is 6.94. The average Bonchev–Trinajstić information content (AvgIpc) is 3.12. The van der Waals surface area contributed by atoms with Crippen molar-refractivity contribution in [2.75, 3.05) is 32.6 Å². The average molecular weight is 403 g/mol. The molecule has 7 heteroatoms. The maximum Gasteiger partial charge on any atom is 0.341 e. The zero-order valence-corrected chi connectivity index (χ0v) is 17.3. The minimum Gasteiger partial charge on any atom is -0.497 e. The van der Waals surface area contributed by atoms with Gasteiger partial charge in [-0.25, -0.2) is 4.79 Å². The first-order valence-corrected chi connectivity index (χ1v) is 10.3. The summed E-state index contributed by atoms with van der Waals surface area (Å²) in [5.41, 5.74) is 1.99. The second kappa shape index (κ2) is 9.21. The van der Waals surface area contributed by atoms with E-state index in [4.69, 9.17) is 9.47 Å². The van der Waals surface area contributed by atoms with Crippen molar-refractivity contribution in [1.29, 1.82) is 0 Å². The fourth-order valence-corrected chi connectivity index (χ4v) is 4.45.